The first-order valence-electron chi connectivity index (χ1n) is 5.10. The maximum absolute atomic E-state index is 13.6. The van der Waals surface area contributed by atoms with Crippen LogP contribution in [0.1, 0.15) is 13.3 Å². The van der Waals surface area contributed by atoms with Crippen molar-refractivity contribution in [3.8, 4) is 0 Å². The summed E-state index contributed by atoms with van der Waals surface area (Å²) < 4.78 is 13.6. The largest absolute Gasteiger partial charge is 0.409 e. The van der Waals surface area contributed by atoms with Crippen LogP contribution in [-0.2, 0) is 0 Å². The van der Waals surface area contributed by atoms with Crippen LogP contribution in [-0.4, -0.2) is 29.1 Å². The molecule has 5 nitrogen and oxygen atoms in total. The number of amidine groups is 1. The molecule has 0 aliphatic heterocycles. The lowest BCUT2D eigenvalue weighted by Gasteiger charge is -2.21. The maximum atomic E-state index is 13.6. The highest BCUT2D eigenvalue weighted by Gasteiger charge is 2.12. The SMILES string of the molecule is CCN(CCC(N)=NO)c1ncc(Cl)cc1F. The second-order valence-corrected chi connectivity index (χ2v) is 3.82. The van der Waals surface area contributed by atoms with Gasteiger partial charge in [0.15, 0.2) is 11.6 Å². The van der Waals surface area contributed by atoms with Crippen LogP contribution in [0.25, 0.3) is 0 Å². The molecule has 0 saturated heterocycles. The average molecular weight is 261 g/mol. The van der Waals surface area contributed by atoms with Crippen molar-refractivity contribution in [2.75, 3.05) is 18.0 Å². The lowest BCUT2D eigenvalue weighted by molar-refractivity contribution is 0.317. The summed E-state index contributed by atoms with van der Waals surface area (Å²) in [5.41, 5.74) is 5.35. The Morgan fingerprint density at radius 2 is 2.41 bits per heavy atom. The molecule has 17 heavy (non-hydrogen) atoms. The van der Waals surface area contributed by atoms with E-state index in [1.807, 2.05) is 6.92 Å². The third-order valence-electron chi connectivity index (χ3n) is 2.24. The molecule has 1 heterocycles. The van der Waals surface area contributed by atoms with Gasteiger partial charge < -0.3 is 15.8 Å². The highest BCUT2D eigenvalue weighted by molar-refractivity contribution is 6.30. The quantitative estimate of drug-likeness (QED) is 0.367. The highest BCUT2D eigenvalue weighted by atomic mass is 35.5. The third kappa shape index (κ3) is 3.74. The first-order valence-corrected chi connectivity index (χ1v) is 5.48. The number of hydrogen-bond acceptors (Lipinski definition) is 4. The van der Waals surface area contributed by atoms with Crippen LogP contribution in [0, 0.1) is 5.82 Å². The van der Waals surface area contributed by atoms with Gasteiger partial charge in [-0.05, 0) is 13.0 Å². The van der Waals surface area contributed by atoms with Crippen LogP contribution in [0.4, 0.5) is 10.2 Å². The second-order valence-electron chi connectivity index (χ2n) is 3.38. The van der Waals surface area contributed by atoms with Crippen LogP contribution in [0.5, 0.6) is 0 Å². The van der Waals surface area contributed by atoms with Crippen LogP contribution in [0.3, 0.4) is 0 Å². The van der Waals surface area contributed by atoms with Crippen LogP contribution >= 0.6 is 11.6 Å². The standard InChI is InChI=1S/C10H14ClFN4O/c1-2-16(4-3-9(13)15-17)10-8(12)5-7(11)6-14-10/h5-6,17H,2-4H2,1H3,(H2,13,15). The summed E-state index contributed by atoms with van der Waals surface area (Å²) in [4.78, 5) is 5.61. The Labute approximate surface area is 104 Å². The van der Waals surface area contributed by atoms with Gasteiger partial charge in [0.25, 0.3) is 0 Å². The number of halogens is 2. The Morgan fingerprint density at radius 1 is 1.71 bits per heavy atom. The normalized spacial score (nSPS) is 11.6. The van der Waals surface area contributed by atoms with Gasteiger partial charge in [-0.15, -0.1) is 0 Å². The van der Waals surface area contributed by atoms with Crippen molar-refractivity contribution in [1.29, 1.82) is 0 Å². The number of aromatic nitrogens is 1. The summed E-state index contributed by atoms with van der Waals surface area (Å²) in [6, 6.07) is 1.20. The monoisotopic (exact) mass is 260 g/mol. The summed E-state index contributed by atoms with van der Waals surface area (Å²) in [6.07, 6.45) is 1.71. The fourth-order valence-electron chi connectivity index (χ4n) is 1.35. The van der Waals surface area contributed by atoms with Gasteiger partial charge >= 0.3 is 0 Å². The van der Waals surface area contributed by atoms with E-state index < -0.39 is 5.82 Å². The van der Waals surface area contributed by atoms with E-state index in [4.69, 9.17) is 22.5 Å². The molecule has 0 fully saturated rings. The molecule has 1 rings (SSSR count). The first kappa shape index (κ1) is 13.5. The van der Waals surface area contributed by atoms with E-state index in [-0.39, 0.29) is 16.7 Å². The number of pyridine rings is 1. The van der Waals surface area contributed by atoms with Crippen molar-refractivity contribution < 1.29 is 9.60 Å². The lowest BCUT2D eigenvalue weighted by Crippen LogP contribution is -2.29. The van der Waals surface area contributed by atoms with E-state index in [0.717, 1.165) is 0 Å². The Kier molecular flexibility index (Phi) is 4.96. The molecular formula is C10H14ClFN4O. The van der Waals surface area contributed by atoms with Gasteiger partial charge in [-0.2, -0.15) is 0 Å². The second kappa shape index (κ2) is 6.24. The Balaban J connectivity index is 2.79. The van der Waals surface area contributed by atoms with E-state index in [1.165, 1.54) is 12.3 Å². The first-order chi connectivity index (χ1) is 8.08. The zero-order valence-corrected chi connectivity index (χ0v) is 10.2. The molecule has 0 spiro atoms. The van der Waals surface area contributed by atoms with Gasteiger partial charge in [0.2, 0.25) is 0 Å². The number of oxime groups is 1. The average Bonchev–Trinajstić information content (AvgIpc) is 2.31. The number of rotatable bonds is 5. The molecule has 0 atom stereocenters. The molecule has 1 aromatic rings. The van der Waals surface area contributed by atoms with Crippen molar-refractivity contribution in [1.82, 2.24) is 4.98 Å². The van der Waals surface area contributed by atoms with Crippen molar-refractivity contribution in [3.05, 3.63) is 23.1 Å². The van der Waals surface area contributed by atoms with Crippen molar-refractivity contribution in [2.24, 2.45) is 10.9 Å². The Morgan fingerprint density at radius 3 is 2.94 bits per heavy atom. The van der Waals surface area contributed by atoms with Gasteiger partial charge in [0.1, 0.15) is 5.84 Å². The highest BCUT2D eigenvalue weighted by Crippen LogP contribution is 2.19. The molecule has 0 unspecified atom stereocenters. The number of nitrogens with zero attached hydrogens (tertiary/aromatic N) is 3. The van der Waals surface area contributed by atoms with E-state index >= 15 is 0 Å². The molecule has 0 radical (unpaired) electrons. The molecular weight excluding hydrogens is 247 g/mol. The van der Waals surface area contributed by atoms with E-state index in [9.17, 15) is 4.39 Å². The minimum absolute atomic E-state index is 0.0952. The smallest absolute Gasteiger partial charge is 0.167 e. The van der Waals surface area contributed by atoms with Gasteiger partial charge in [0, 0.05) is 25.7 Å². The summed E-state index contributed by atoms with van der Waals surface area (Å²) in [5.74, 6) is -0.181. The van der Waals surface area contributed by atoms with Gasteiger partial charge in [0.05, 0.1) is 5.02 Å². The number of nitrogens with two attached hydrogens (primary N) is 1. The summed E-state index contributed by atoms with van der Waals surface area (Å²) in [6.45, 7) is 2.84. The molecule has 0 bridgehead atoms. The topological polar surface area (TPSA) is 74.7 Å². The van der Waals surface area contributed by atoms with E-state index in [0.29, 0.717) is 19.5 Å². The molecule has 3 N–H and O–H groups in total. The van der Waals surface area contributed by atoms with E-state index in [1.54, 1.807) is 4.90 Å². The van der Waals surface area contributed by atoms with Crippen molar-refractivity contribution in [2.45, 2.75) is 13.3 Å². The molecule has 7 heteroatoms. The van der Waals surface area contributed by atoms with Crippen molar-refractivity contribution in [3.63, 3.8) is 0 Å². The summed E-state index contributed by atoms with van der Waals surface area (Å²) in [7, 11) is 0. The van der Waals surface area contributed by atoms with Crippen LogP contribution < -0.4 is 10.6 Å². The zero-order valence-electron chi connectivity index (χ0n) is 9.40. The van der Waals surface area contributed by atoms with Crippen molar-refractivity contribution >= 4 is 23.3 Å². The predicted octanol–water partition coefficient (Wildman–Crippen LogP) is 1.84. The molecule has 0 saturated carbocycles. The fraction of sp³-hybridized carbons (Fsp3) is 0.400. The fourth-order valence-corrected chi connectivity index (χ4v) is 1.50. The van der Waals surface area contributed by atoms with Gasteiger partial charge in [-0.3, -0.25) is 0 Å². The Hall–Kier alpha value is -1.56. The minimum atomic E-state index is -0.487. The molecule has 0 aliphatic rings. The third-order valence-corrected chi connectivity index (χ3v) is 2.44. The lowest BCUT2D eigenvalue weighted by atomic mass is 10.3. The van der Waals surface area contributed by atoms with Crippen LogP contribution in [0.15, 0.2) is 17.4 Å². The molecule has 0 amide bonds. The zero-order chi connectivity index (χ0) is 12.8. The predicted molar refractivity (Wildman–Crippen MR) is 65.1 cm³/mol. The molecule has 0 aromatic carbocycles. The molecule has 1 aromatic heterocycles. The maximum Gasteiger partial charge on any atom is 0.167 e. The minimum Gasteiger partial charge on any atom is -0.409 e. The molecule has 0 aliphatic carbocycles. The summed E-state index contributed by atoms with van der Waals surface area (Å²) >= 11 is 5.62. The van der Waals surface area contributed by atoms with Crippen LogP contribution in [0.2, 0.25) is 5.02 Å². The number of hydrogen-bond donors (Lipinski definition) is 2. The van der Waals surface area contributed by atoms with Gasteiger partial charge in [-0.1, -0.05) is 16.8 Å². The summed E-state index contributed by atoms with van der Waals surface area (Å²) in [5, 5.41) is 11.5. The van der Waals surface area contributed by atoms with E-state index in [2.05, 4.69) is 10.1 Å². The number of anilines is 1. The van der Waals surface area contributed by atoms with Gasteiger partial charge in [-0.25, -0.2) is 9.37 Å². The molecule has 94 valence electrons. The Bertz CT molecular complexity index is 413.